The monoisotopic (exact) mass is 455 g/mol. The Balaban J connectivity index is 1.42. The lowest BCUT2D eigenvalue weighted by Crippen LogP contribution is -2.41. The van der Waals surface area contributed by atoms with Crippen molar-refractivity contribution in [2.45, 2.75) is 6.92 Å². The Morgan fingerprint density at radius 1 is 0.794 bits per heavy atom. The minimum atomic E-state index is -0.787. The van der Waals surface area contributed by atoms with Gasteiger partial charge in [-0.2, -0.15) is 5.10 Å². The summed E-state index contributed by atoms with van der Waals surface area (Å²) in [5, 5.41) is 17.0. The molecular formula is C25H21N5O4. The molecule has 0 spiro atoms. The molecule has 4 aromatic rings. The average molecular weight is 455 g/mol. The van der Waals surface area contributed by atoms with E-state index in [1.54, 1.807) is 67.6 Å². The van der Waals surface area contributed by atoms with Gasteiger partial charge in [0.25, 0.3) is 17.7 Å². The molecule has 0 unspecified atom stereocenters. The molecule has 0 bridgehead atoms. The molecule has 9 nitrogen and oxygen atoms in total. The van der Waals surface area contributed by atoms with E-state index in [0.717, 1.165) is 5.56 Å². The molecule has 0 fully saturated rings. The molecule has 0 atom stereocenters. The second-order valence-electron chi connectivity index (χ2n) is 7.40. The Kier molecular flexibility index (Phi) is 6.35. The number of anilines is 1. The predicted octanol–water partition coefficient (Wildman–Crippen LogP) is 3.21. The summed E-state index contributed by atoms with van der Waals surface area (Å²) >= 11 is 0. The molecule has 9 heteroatoms. The summed E-state index contributed by atoms with van der Waals surface area (Å²) in [6.07, 6.45) is 1.30. The number of amides is 3. The molecular weight excluding hydrogens is 434 g/mol. The molecule has 0 saturated heterocycles. The summed E-state index contributed by atoms with van der Waals surface area (Å²) in [4.78, 5) is 37.5. The van der Waals surface area contributed by atoms with Gasteiger partial charge in [-0.1, -0.05) is 42.5 Å². The Hall–Kier alpha value is -4.92. The third-order valence-corrected chi connectivity index (χ3v) is 5.00. The molecule has 4 N–H and O–H groups in total. The third-order valence-electron chi connectivity index (χ3n) is 5.00. The zero-order valence-electron chi connectivity index (χ0n) is 18.1. The molecule has 0 aliphatic heterocycles. The van der Waals surface area contributed by atoms with E-state index in [-0.39, 0.29) is 22.9 Å². The van der Waals surface area contributed by atoms with Gasteiger partial charge in [0.2, 0.25) is 0 Å². The SMILES string of the molecule is Cc1ccc(C(=O)NNC(=O)c2nn(-c3ccccc3)cc2O)cc1NC(=O)c1ccccc1. The number of hydrogen-bond acceptors (Lipinski definition) is 5. The number of benzene rings is 3. The van der Waals surface area contributed by atoms with E-state index < -0.39 is 11.8 Å². The summed E-state index contributed by atoms with van der Waals surface area (Å²) in [6, 6.07) is 22.4. The van der Waals surface area contributed by atoms with Crippen molar-refractivity contribution >= 4 is 23.4 Å². The van der Waals surface area contributed by atoms with E-state index in [9.17, 15) is 19.5 Å². The number of para-hydroxylation sites is 1. The second kappa shape index (κ2) is 9.70. The van der Waals surface area contributed by atoms with Crippen molar-refractivity contribution in [3.63, 3.8) is 0 Å². The van der Waals surface area contributed by atoms with Crippen LogP contribution in [0.25, 0.3) is 5.69 Å². The Labute approximate surface area is 195 Å². The van der Waals surface area contributed by atoms with Crippen LogP contribution < -0.4 is 16.2 Å². The number of carbonyl (C=O) groups is 3. The molecule has 1 aromatic heterocycles. The zero-order chi connectivity index (χ0) is 24.1. The van der Waals surface area contributed by atoms with Crippen LogP contribution in [0, 0.1) is 6.92 Å². The van der Waals surface area contributed by atoms with Crippen molar-refractivity contribution in [2.24, 2.45) is 0 Å². The van der Waals surface area contributed by atoms with E-state index in [2.05, 4.69) is 21.3 Å². The normalized spacial score (nSPS) is 10.4. The number of aromatic hydroxyl groups is 1. The second-order valence-corrected chi connectivity index (χ2v) is 7.40. The van der Waals surface area contributed by atoms with Gasteiger partial charge in [-0.3, -0.25) is 25.2 Å². The van der Waals surface area contributed by atoms with E-state index in [1.807, 2.05) is 12.1 Å². The van der Waals surface area contributed by atoms with E-state index in [4.69, 9.17) is 0 Å². The van der Waals surface area contributed by atoms with Crippen LogP contribution in [0.5, 0.6) is 5.75 Å². The Bertz CT molecular complexity index is 1350. The topological polar surface area (TPSA) is 125 Å². The number of hydrogen-bond donors (Lipinski definition) is 4. The van der Waals surface area contributed by atoms with Gasteiger partial charge in [-0.05, 0) is 48.9 Å². The maximum atomic E-state index is 12.6. The summed E-state index contributed by atoms with van der Waals surface area (Å²) < 4.78 is 1.35. The highest BCUT2D eigenvalue weighted by Gasteiger charge is 2.18. The van der Waals surface area contributed by atoms with Crippen LogP contribution in [0.1, 0.15) is 36.8 Å². The number of nitrogens with one attached hydrogen (secondary N) is 3. The fourth-order valence-electron chi connectivity index (χ4n) is 3.17. The van der Waals surface area contributed by atoms with Crippen LogP contribution in [-0.4, -0.2) is 32.6 Å². The third kappa shape index (κ3) is 4.94. The highest BCUT2D eigenvalue weighted by Crippen LogP contribution is 2.19. The van der Waals surface area contributed by atoms with Gasteiger partial charge in [0.1, 0.15) is 0 Å². The minimum absolute atomic E-state index is 0.216. The van der Waals surface area contributed by atoms with Crippen molar-refractivity contribution in [3.05, 3.63) is 107 Å². The largest absolute Gasteiger partial charge is 0.504 e. The maximum Gasteiger partial charge on any atom is 0.294 e. The molecule has 1 heterocycles. The lowest BCUT2D eigenvalue weighted by Gasteiger charge is -2.11. The quantitative estimate of drug-likeness (QED) is 0.344. The van der Waals surface area contributed by atoms with Crippen molar-refractivity contribution in [2.75, 3.05) is 5.32 Å². The number of aromatic nitrogens is 2. The number of aryl methyl sites for hydroxylation is 1. The van der Waals surface area contributed by atoms with Gasteiger partial charge >= 0.3 is 0 Å². The van der Waals surface area contributed by atoms with E-state index in [1.165, 1.54) is 16.9 Å². The van der Waals surface area contributed by atoms with E-state index >= 15 is 0 Å². The number of carbonyl (C=O) groups excluding carboxylic acids is 3. The van der Waals surface area contributed by atoms with Gasteiger partial charge in [-0.25, -0.2) is 4.68 Å². The zero-order valence-corrected chi connectivity index (χ0v) is 18.1. The standard InChI is InChI=1S/C25H21N5O4/c1-16-12-13-18(14-20(16)26-23(32)17-8-4-2-5-9-17)24(33)27-28-25(34)22-21(31)15-30(29-22)19-10-6-3-7-11-19/h2-15,31H,1H3,(H,26,32)(H,27,33)(H,28,34). The predicted molar refractivity (Wildman–Crippen MR) is 126 cm³/mol. The molecule has 34 heavy (non-hydrogen) atoms. The highest BCUT2D eigenvalue weighted by atomic mass is 16.3. The van der Waals surface area contributed by atoms with Gasteiger partial charge in [0, 0.05) is 16.8 Å². The lowest BCUT2D eigenvalue weighted by atomic mass is 10.1. The highest BCUT2D eigenvalue weighted by molar-refractivity contribution is 6.05. The molecule has 0 aliphatic carbocycles. The number of hydrazine groups is 1. The lowest BCUT2D eigenvalue weighted by molar-refractivity contribution is 0.0842. The van der Waals surface area contributed by atoms with E-state index in [0.29, 0.717) is 16.9 Å². The van der Waals surface area contributed by atoms with Crippen molar-refractivity contribution in [1.29, 1.82) is 0 Å². The number of rotatable bonds is 5. The van der Waals surface area contributed by atoms with Crippen LogP contribution in [0.15, 0.2) is 85.1 Å². The van der Waals surface area contributed by atoms with Crippen LogP contribution in [-0.2, 0) is 0 Å². The molecule has 170 valence electrons. The first-order valence-electron chi connectivity index (χ1n) is 10.3. The first-order chi connectivity index (χ1) is 16.4. The van der Waals surface area contributed by atoms with Gasteiger partial charge in [-0.15, -0.1) is 0 Å². The molecule has 0 saturated carbocycles. The van der Waals surface area contributed by atoms with Crippen molar-refractivity contribution in [1.82, 2.24) is 20.6 Å². The van der Waals surface area contributed by atoms with Crippen LogP contribution >= 0.6 is 0 Å². The average Bonchev–Trinajstić information content (AvgIpc) is 3.26. The fourth-order valence-corrected chi connectivity index (χ4v) is 3.17. The van der Waals surface area contributed by atoms with Crippen molar-refractivity contribution in [3.8, 4) is 11.4 Å². The molecule has 4 rings (SSSR count). The van der Waals surface area contributed by atoms with Crippen molar-refractivity contribution < 1.29 is 19.5 Å². The summed E-state index contributed by atoms with van der Waals surface area (Å²) in [7, 11) is 0. The summed E-state index contributed by atoms with van der Waals surface area (Å²) in [5.74, 6) is -2.04. The Morgan fingerprint density at radius 3 is 2.15 bits per heavy atom. The summed E-state index contributed by atoms with van der Waals surface area (Å²) in [6.45, 7) is 1.80. The van der Waals surface area contributed by atoms with Gasteiger partial charge in [0.05, 0.1) is 11.9 Å². The van der Waals surface area contributed by atoms with Gasteiger partial charge in [0.15, 0.2) is 11.4 Å². The van der Waals surface area contributed by atoms with Gasteiger partial charge < -0.3 is 10.4 Å². The first-order valence-corrected chi connectivity index (χ1v) is 10.3. The first kappa shape index (κ1) is 22.3. The number of nitrogens with zero attached hydrogens (tertiary/aromatic N) is 2. The van der Waals surface area contributed by atoms with Crippen LogP contribution in [0.4, 0.5) is 5.69 Å². The van der Waals surface area contributed by atoms with Crippen LogP contribution in [0.2, 0.25) is 0 Å². The molecule has 0 radical (unpaired) electrons. The minimum Gasteiger partial charge on any atom is -0.504 e. The molecule has 0 aliphatic rings. The smallest absolute Gasteiger partial charge is 0.294 e. The van der Waals surface area contributed by atoms with Crippen LogP contribution in [0.3, 0.4) is 0 Å². The fraction of sp³-hybridized carbons (Fsp3) is 0.0400. The maximum absolute atomic E-state index is 12.6. The molecule has 3 aromatic carbocycles. The Morgan fingerprint density at radius 2 is 1.44 bits per heavy atom. The molecule has 3 amide bonds. The summed E-state index contributed by atoms with van der Waals surface area (Å²) in [5.41, 5.74) is 6.88.